The van der Waals surface area contributed by atoms with E-state index in [0.717, 1.165) is 24.0 Å². The molecular weight excluding hydrogens is 167 g/mol. The number of benzene rings is 1. The Labute approximate surface area is 77.2 Å². The minimum Gasteiger partial charge on any atom is -0.390 e. The maximum absolute atomic E-state index is 12.7. The van der Waals surface area contributed by atoms with Crippen molar-refractivity contribution in [3.05, 3.63) is 35.1 Å². The van der Waals surface area contributed by atoms with Gasteiger partial charge in [-0.3, -0.25) is 0 Å². The van der Waals surface area contributed by atoms with Crippen LogP contribution in [0.3, 0.4) is 0 Å². The van der Waals surface area contributed by atoms with Crippen LogP contribution in [-0.2, 0) is 6.42 Å². The first-order chi connectivity index (χ1) is 6.09. The molecule has 1 N–H and O–H groups in total. The average Bonchev–Trinajstić information content (AvgIpc) is 2.75. The molecule has 1 aliphatic carbocycles. The van der Waals surface area contributed by atoms with Crippen LogP contribution in [0.2, 0.25) is 0 Å². The molecule has 0 aromatic heterocycles. The van der Waals surface area contributed by atoms with Crippen LogP contribution in [0.5, 0.6) is 0 Å². The molecule has 0 radical (unpaired) electrons. The Morgan fingerprint density at radius 2 is 2.15 bits per heavy atom. The Balaban J connectivity index is 2.20. The van der Waals surface area contributed by atoms with Crippen LogP contribution in [0.4, 0.5) is 4.39 Å². The fraction of sp³-hybridized carbons (Fsp3) is 0.455. The molecule has 1 aromatic rings. The monoisotopic (exact) mass is 180 g/mol. The highest BCUT2D eigenvalue weighted by Crippen LogP contribution is 2.38. The second-order valence-electron chi connectivity index (χ2n) is 3.97. The molecule has 1 nitrogen and oxygen atoms in total. The van der Waals surface area contributed by atoms with E-state index in [-0.39, 0.29) is 5.82 Å². The lowest BCUT2D eigenvalue weighted by molar-refractivity contribution is 0.150. The van der Waals surface area contributed by atoms with Gasteiger partial charge in [0.1, 0.15) is 5.82 Å². The zero-order valence-electron chi connectivity index (χ0n) is 7.68. The molecule has 0 saturated heterocycles. The second-order valence-corrected chi connectivity index (χ2v) is 3.97. The molecule has 2 heteroatoms. The van der Waals surface area contributed by atoms with Crippen molar-refractivity contribution in [1.82, 2.24) is 0 Å². The van der Waals surface area contributed by atoms with Crippen molar-refractivity contribution in [2.24, 2.45) is 0 Å². The van der Waals surface area contributed by atoms with Crippen molar-refractivity contribution in [2.75, 3.05) is 0 Å². The lowest BCUT2D eigenvalue weighted by Crippen LogP contribution is -2.11. The molecular formula is C11H13FO. The van der Waals surface area contributed by atoms with Gasteiger partial charge in [0.15, 0.2) is 0 Å². The summed E-state index contributed by atoms with van der Waals surface area (Å²) in [6, 6.07) is 4.73. The summed E-state index contributed by atoms with van der Waals surface area (Å²) < 4.78 is 12.7. The lowest BCUT2D eigenvalue weighted by Gasteiger charge is -2.09. The summed E-state index contributed by atoms with van der Waals surface area (Å²) in [5.41, 5.74) is 1.50. The van der Waals surface area contributed by atoms with Gasteiger partial charge >= 0.3 is 0 Å². The average molecular weight is 180 g/mol. The summed E-state index contributed by atoms with van der Waals surface area (Å²) in [4.78, 5) is 0. The topological polar surface area (TPSA) is 20.2 Å². The maximum atomic E-state index is 12.7. The van der Waals surface area contributed by atoms with Gasteiger partial charge in [-0.25, -0.2) is 4.39 Å². The molecule has 70 valence electrons. The van der Waals surface area contributed by atoms with Crippen LogP contribution < -0.4 is 0 Å². The largest absolute Gasteiger partial charge is 0.390 e. The normalized spacial score (nSPS) is 18.7. The van der Waals surface area contributed by atoms with Gasteiger partial charge in [-0.15, -0.1) is 0 Å². The number of halogens is 1. The van der Waals surface area contributed by atoms with Crippen LogP contribution >= 0.6 is 0 Å². The smallest absolute Gasteiger partial charge is 0.123 e. The zero-order valence-corrected chi connectivity index (χ0v) is 7.68. The van der Waals surface area contributed by atoms with Crippen molar-refractivity contribution in [3.8, 4) is 0 Å². The van der Waals surface area contributed by atoms with E-state index in [9.17, 15) is 9.50 Å². The van der Waals surface area contributed by atoms with Gasteiger partial charge in [0.25, 0.3) is 0 Å². The first-order valence-electron chi connectivity index (χ1n) is 4.56. The fourth-order valence-electron chi connectivity index (χ4n) is 1.53. The maximum Gasteiger partial charge on any atom is 0.123 e. The highest BCUT2D eigenvalue weighted by Gasteiger charge is 2.40. The first-order valence-corrected chi connectivity index (χ1v) is 4.56. The molecule has 0 atom stereocenters. The highest BCUT2D eigenvalue weighted by atomic mass is 19.1. The molecule has 0 bridgehead atoms. The summed E-state index contributed by atoms with van der Waals surface area (Å²) >= 11 is 0. The Morgan fingerprint density at radius 3 is 2.69 bits per heavy atom. The van der Waals surface area contributed by atoms with Gasteiger partial charge in [0.2, 0.25) is 0 Å². The van der Waals surface area contributed by atoms with E-state index in [1.807, 2.05) is 6.92 Å². The Bertz CT molecular complexity index is 329. The Morgan fingerprint density at radius 1 is 1.46 bits per heavy atom. The number of rotatable bonds is 2. The lowest BCUT2D eigenvalue weighted by atomic mass is 10.0. The third-order valence-electron chi connectivity index (χ3n) is 2.65. The van der Waals surface area contributed by atoms with E-state index in [1.165, 1.54) is 12.1 Å². The molecule has 2 rings (SSSR count). The summed E-state index contributed by atoms with van der Waals surface area (Å²) in [5.74, 6) is -0.205. The molecule has 0 heterocycles. The number of hydrogen-bond donors (Lipinski definition) is 1. The van der Waals surface area contributed by atoms with E-state index >= 15 is 0 Å². The highest BCUT2D eigenvalue weighted by molar-refractivity contribution is 5.29. The van der Waals surface area contributed by atoms with E-state index < -0.39 is 5.60 Å². The predicted octanol–water partition coefficient (Wildman–Crippen LogP) is 2.20. The molecule has 0 aliphatic heterocycles. The summed E-state index contributed by atoms with van der Waals surface area (Å²) in [7, 11) is 0. The van der Waals surface area contributed by atoms with E-state index in [4.69, 9.17) is 0 Å². The van der Waals surface area contributed by atoms with Gasteiger partial charge in [-0.2, -0.15) is 0 Å². The first kappa shape index (κ1) is 8.70. The SMILES string of the molecule is Cc1cc(F)ccc1CC1(O)CC1. The molecule has 13 heavy (non-hydrogen) atoms. The summed E-state index contributed by atoms with van der Waals surface area (Å²) in [6.45, 7) is 1.88. The fourth-order valence-corrected chi connectivity index (χ4v) is 1.53. The Hall–Kier alpha value is -0.890. The van der Waals surface area contributed by atoms with Crippen LogP contribution in [-0.4, -0.2) is 10.7 Å². The van der Waals surface area contributed by atoms with Crippen molar-refractivity contribution in [3.63, 3.8) is 0 Å². The minimum atomic E-state index is -0.484. The molecule has 0 spiro atoms. The molecule has 1 fully saturated rings. The van der Waals surface area contributed by atoms with Crippen molar-refractivity contribution >= 4 is 0 Å². The number of aliphatic hydroxyl groups is 1. The summed E-state index contributed by atoms with van der Waals surface area (Å²) in [5, 5.41) is 9.68. The van der Waals surface area contributed by atoms with E-state index in [1.54, 1.807) is 6.07 Å². The molecule has 1 aromatic carbocycles. The van der Waals surface area contributed by atoms with Crippen LogP contribution in [0.1, 0.15) is 24.0 Å². The van der Waals surface area contributed by atoms with Crippen molar-refractivity contribution in [2.45, 2.75) is 31.8 Å². The van der Waals surface area contributed by atoms with Gasteiger partial charge in [-0.1, -0.05) is 6.07 Å². The van der Waals surface area contributed by atoms with Crippen molar-refractivity contribution < 1.29 is 9.50 Å². The molecule has 0 unspecified atom stereocenters. The third kappa shape index (κ3) is 1.89. The molecule has 0 amide bonds. The second kappa shape index (κ2) is 2.81. The van der Waals surface area contributed by atoms with Gasteiger partial charge < -0.3 is 5.11 Å². The predicted molar refractivity (Wildman–Crippen MR) is 49.0 cm³/mol. The van der Waals surface area contributed by atoms with E-state index in [2.05, 4.69) is 0 Å². The van der Waals surface area contributed by atoms with Gasteiger partial charge in [0.05, 0.1) is 5.60 Å². The number of hydrogen-bond acceptors (Lipinski definition) is 1. The third-order valence-corrected chi connectivity index (χ3v) is 2.65. The molecule has 1 aliphatic rings. The Kier molecular flexibility index (Phi) is 1.88. The zero-order chi connectivity index (χ0) is 9.47. The molecule has 1 saturated carbocycles. The number of aryl methyl sites for hydroxylation is 1. The van der Waals surface area contributed by atoms with Crippen molar-refractivity contribution in [1.29, 1.82) is 0 Å². The van der Waals surface area contributed by atoms with Gasteiger partial charge in [-0.05, 0) is 43.0 Å². The quantitative estimate of drug-likeness (QED) is 0.739. The van der Waals surface area contributed by atoms with Crippen LogP contribution in [0.15, 0.2) is 18.2 Å². The van der Waals surface area contributed by atoms with Gasteiger partial charge in [0, 0.05) is 6.42 Å². The van der Waals surface area contributed by atoms with Crippen LogP contribution in [0, 0.1) is 12.7 Å². The van der Waals surface area contributed by atoms with E-state index in [0.29, 0.717) is 6.42 Å². The standard InChI is InChI=1S/C11H13FO/c1-8-6-10(12)3-2-9(8)7-11(13)4-5-11/h2-3,6,13H,4-5,7H2,1H3. The van der Waals surface area contributed by atoms with Crippen LogP contribution in [0.25, 0.3) is 0 Å². The summed E-state index contributed by atoms with van der Waals surface area (Å²) in [6.07, 6.45) is 2.42. The minimum absolute atomic E-state index is 0.205.